The standard InChI is InChI=1S/C10H20O.C2H4O3/c1-7(2)9-5-4-8(3)6-10(9)11;1-5-2(3)4/h7-11H,4-6H2,1-3H3;1H3,(H,3,4). The molecule has 0 saturated heterocycles. The molecule has 1 fully saturated rings. The van der Waals surface area contributed by atoms with E-state index in [0.29, 0.717) is 11.8 Å². The van der Waals surface area contributed by atoms with Crippen LogP contribution in [0.1, 0.15) is 40.0 Å². The third kappa shape index (κ3) is 5.95. The molecule has 96 valence electrons. The fourth-order valence-electron chi connectivity index (χ4n) is 2.15. The molecule has 0 aliphatic heterocycles. The molecule has 0 aromatic rings. The molecule has 3 atom stereocenters. The van der Waals surface area contributed by atoms with E-state index >= 15 is 0 Å². The SMILES string of the molecule is CC1CCC(C(C)C)C(O)C1.COC(=O)O. The lowest BCUT2D eigenvalue weighted by molar-refractivity contribution is 0.0266. The van der Waals surface area contributed by atoms with Crippen LogP contribution in [0.3, 0.4) is 0 Å². The van der Waals surface area contributed by atoms with E-state index in [1.165, 1.54) is 12.8 Å². The maximum atomic E-state index is 9.71. The number of rotatable bonds is 1. The van der Waals surface area contributed by atoms with Crippen LogP contribution in [0.5, 0.6) is 0 Å². The summed E-state index contributed by atoms with van der Waals surface area (Å²) in [6.07, 6.45) is 2.27. The first kappa shape index (κ1) is 15.2. The van der Waals surface area contributed by atoms with Crippen LogP contribution in [0, 0.1) is 17.8 Å². The molecule has 16 heavy (non-hydrogen) atoms. The number of carbonyl (C=O) groups is 1. The molecule has 0 heterocycles. The Kier molecular flexibility index (Phi) is 7.13. The van der Waals surface area contributed by atoms with Crippen LogP contribution in [0.15, 0.2) is 0 Å². The van der Waals surface area contributed by atoms with Gasteiger partial charge in [0.2, 0.25) is 0 Å². The molecular weight excluding hydrogens is 208 g/mol. The number of ether oxygens (including phenoxy) is 1. The van der Waals surface area contributed by atoms with Gasteiger partial charge in [-0.3, -0.25) is 0 Å². The van der Waals surface area contributed by atoms with Crippen LogP contribution in [0.4, 0.5) is 4.79 Å². The smallest absolute Gasteiger partial charge is 0.450 e. The quantitative estimate of drug-likeness (QED) is 0.682. The summed E-state index contributed by atoms with van der Waals surface area (Å²) >= 11 is 0. The maximum absolute atomic E-state index is 9.71. The lowest BCUT2D eigenvalue weighted by atomic mass is 9.75. The maximum Gasteiger partial charge on any atom is 0.505 e. The number of aliphatic hydroxyl groups excluding tert-OH is 1. The monoisotopic (exact) mass is 232 g/mol. The van der Waals surface area contributed by atoms with Crippen LogP contribution in [0.25, 0.3) is 0 Å². The third-order valence-electron chi connectivity index (χ3n) is 3.16. The minimum absolute atomic E-state index is 0.0289. The second-order valence-electron chi connectivity index (χ2n) is 4.86. The van der Waals surface area contributed by atoms with Gasteiger partial charge in [-0.05, 0) is 30.6 Å². The van der Waals surface area contributed by atoms with Crippen molar-refractivity contribution in [1.82, 2.24) is 0 Å². The Morgan fingerprint density at radius 1 is 1.38 bits per heavy atom. The van der Waals surface area contributed by atoms with Crippen molar-refractivity contribution in [2.24, 2.45) is 17.8 Å². The van der Waals surface area contributed by atoms with Gasteiger partial charge in [0, 0.05) is 0 Å². The number of hydrogen-bond donors (Lipinski definition) is 2. The fraction of sp³-hybridized carbons (Fsp3) is 0.917. The van der Waals surface area contributed by atoms with E-state index in [2.05, 4.69) is 25.5 Å². The second kappa shape index (κ2) is 7.49. The minimum Gasteiger partial charge on any atom is -0.450 e. The van der Waals surface area contributed by atoms with E-state index in [1.54, 1.807) is 0 Å². The number of methoxy groups -OCH3 is 1. The van der Waals surface area contributed by atoms with Gasteiger partial charge in [0.05, 0.1) is 13.2 Å². The van der Waals surface area contributed by atoms with Gasteiger partial charge in [-0.2, -0.15) is 0 Å². The van der Waals surface area contributed by atoms with Gasteiger partial charge in [0.25, 0.3) is 0 Å². The van der Waals surface area contributed by atoms with E-state index in [4.69, 9.17) is 9.90 Å². The Morgan fingerprint density at radius 2 is 1.88 bits per heavy atom. The first-order valence-electron chi connectivity index (χ1n) is 5.83. The van der Waals surface area contributed by atoms with Crippen molar-refractivity contribution < 1.29 is 19.7 Å². The van der Waals surface area contributed by atoms with E-state index in [-0.39, 0.29) is 6.10 Å². The van der Waals surface area contributed by atoms with E-state index in [0.717, 1.165) is 19.4 Å². The van der Waals surface area contributed by atoms with Crippen molar-refractivity contribution >= 4 is 6.16 Å². The Labute approximate surface area is 97.6 Å². The predicted octanol–water partition coefficient (Wildman–Crippen LogP) is 2.75. The average molecular weight is 232 g/mol. The van der Waals surface area contributed by atoms with E-state index in [9.17, 15) is 5.11 Å². The highest BCUT2D eigenvalue weighted by atomic mass is 16.6. The minimum atomic E-state index is -1.25. The molecule has 0 amide bonds. The predicted molar refractivity (Wildman–Crippen MR) is 62.4 cm³/mol. The summed E-state index contributed by atoms with van der Waals surface area (Å²) in [5, 5.41) is 17.2. The van der Waals surface area contributed by atoms with Gasteiger partial charge >= 0.3 is 6.16 Å². The van der Waals surface area contributed by atoms with Crippen molar-refractivity contribution in [3.63, 3.8) is 0 Å². The first-order valence-corrected chi connectivity index (χ1v) is 5.83. The zero-order chi connectivity index (χ0) is 12.7. The van der Waals surface area contributed by atoms with Crippen LogP contribution in [-0.4, -0.2) is 29.6 Å². The fourth-order valence-corrected chi connectivity index (χ4v) is 2.15. The lowest BCUT2D eigenvalue weighted by Gasteiger charge is -2.33. The molecule has 0 bridgehead atoms. The molecule has 1 saturated carbocycles. The van der Waals surface area contributed by atoms with Gasteiger partial charge in [-0.25, -0.2) is 4.79 Å². The topological polar surface area (TPSA) is 66.8 Å². The summed E-state index contributed by atoms with van der Waals surface area (Å²) in [6, 6.07) is 0. The van der Waals surface area contributed by atoms with Crippen LogP contribution in [-0.2, 0) is 4.74 Å². The number of hydrogen-bond acceptors (Lipinski definition) is 3. The molecule has 4 heteroatoms. The summed E-state index contributed by atoms with van der Waals surface area (Å²) in [7, 11) is 1.10. The lowest BCUT2D eigenvalue weighted by Crippen LogP contribution is -2.31. The Morgan fingerprint density at radius 3 is 2.19 bits per heavy atom. The molecule has 0 radical (unpaired) electrons. The van der Waals surface area contributed by atoms with Gasteiger partial charge < -0.3 is 14.9 Å². The van der Waals surface area contributed by atoms with Gasteiger partial charge in [-0.1, -0.05) is 27.2 Å². The molecular formula is C12H24O4. The summed E-state index contributed by atoms with van der Waals surface area (Å²) in [5.41, 5.74) is 0. The van der Waals surface area contributed by atoms with Crippen molar-refractivity contribution in [2.75, 3.05) is 7.11 Å². The average Bonchev–Trinajstić information content (AvgIpc) is 2.17. The third-order valence-corrected chi connectivity index (χ3v) is 3.16. The normalized spacial score (nSPS) is 29.2. The van der Waals surface area contributed by atoms with Gasteiger partial charge in [0.1, 0.15) is 0 Å². The molecule has 3 unspecified atom stereocenters. The van der Waals surface area contributed by atoms with Crippen molar-refractivity contribution in [2.45, 2.75) is 46.1 Å². The molecule has 1 rings (SSSR count). The molecule has 1 aliphatic carbocycles. The summed E-state index contributed by atoms with van der Waals surface area (Å²) in [6.45, 7) is 6.66. The highest BCUT2D eigenvalue weighted by molar-refractivity contribution is 5.56. The zero-order valence-corrected chi connectivity index (χ0v) is 10.6. The Balaban J connectivity index is 0.000000385. The van der Waals surface area contributed by atoms with Crippen LogP contribution < -0.4 is 0 Å². The number of carboxylic acid groups (broad SMARTS) is 1. The highest BCUT2D eigenvalue weighted by Crippen LogP contribution is 2.33. The van der Waals surface area contributed by atoms with E-state index < -0.39 is 6.16 Å². The summed E-state index contributed by atoms with van der Waals surface area (Å²) in [4.78, 5) is 9.15. The van der Waals surface area contributed by atoms with Gasteiger partial charge in [0.15, 0.2) is 0 Å². The molecule has 0 spiro atoms. The number of aliphatic hydroxyl groups is 1. The molecule has 4 nitrogen and oxygen atoms in total. The molecule has 0 aromatic carbocycles. The Hall–Kier alpha value is -0.770. The van der Waals surface area contributed by atoms with Crippen LogP contribution in [0.2, 0.25) is 0 Å². The van der Waals surface area contributed by atoms with Crippen molar-refractivity contribution in [1.29, 1.82) is 0 Å². The van der Waals surface area contributed by atoms with Crippen LogP contribution >= 0.6 is 0 Å². The van der Waals surface area contributed by atoms with Crippen molar-refractivity contribution in [3.8, 4) is 0 Å². The Bertz CT molecular complexity index is 203. The summed E-state index contributed by atoms with van der Waals surface area (Å²) in [5.74, 6) is 1.95. The second-order valence-corrected chi connectivity index (χ2v) is 4.86. The molecule has 2 N–H and O–H groups in total. The molecule has 0 aromatic heterocycles. The highest BCUT2D eigenvalue weighted by Gasteiger charge is 2.28. The van der Waals surface area contributed by atoms with E-state index in [1.807, 2.05) is 0 Å². The zero-order valence-electron chi connectivity index (χ0n) is 10.6. The molecule has 1 aliphatic rings. The van der Waals surface area contributed by atoms with Crippen molar-refractivity contribution in [3.05, 3.63) is 0 Å². The largest absolute Gasteiger partial charge is 0.505 e. The summed E-state index contributed by atoms with van der Waals surface area (Å²) < 4.78 is 3.67. The van der Waals surface area contributed by atoms with Gasteiger partial charge in [-0.15, -0.1) is 0 Å². The first-order chi connectivity index (χ1) is 7.38.